The van der Waals surface area contributed by atoms with Gasteiger partial charge in [0.1, 0.15) is 23.8 Å². The van der Waals surface area contributed by atoms with Gasteiger partial charge >= 0.3 is 0 Å². The van der Waals surface area contributed by atoms with Gasteiger partial charge in [-0.15, -0.1) is 10.2 Å². The van der Waals surface area contributed by atoms with E-state index in [4.69, 9.17) is 10.7 Å². The van der Waals surface area contributed by atoms with Crippen molar-refractivity contribution >= 4 is 11.6 Å². The van der Waals surface area contributed by atoms with Crippen molar-refractivity contribution in [1.29, 1.82) is 0 Å². The van der Waals surface area contributed by atoms with Crippen molar-refractivity contribution in [3.8, 4) is 0 Å². The van der Waals surface area contributed by atoms with Crippen LogP contribution in [-0.4, -0.2) is 31.3 Å². The highest BCUT2D eigenvalue weighted by atomic mass is 15.3. The number of nitrogen functional groups attached to an aromatic ring is 1. The van der Waals surface area contributed by atoms with Crippen molar-refractivity contribution in [2.45, 2.75) is 38.8 Å². The molecule has 7 heteroatoms. The number of fused-ring (bicyclic) bond motifs is 1. The Kier molecular flexibility index (Phi) is 2.42. The third-order valence-corrected chi connectivity index (χ3v) is 4.06. The van der Waals surface area contributed by atoms with Gasteiger partial charge < -0.3 is 15.2 Å². The van der Waals surface area contributed by atoms with E-state index < -0.39 is 0 Å². The number of anilines is 2. The second-order valence-corrected chi connectivity index (χ2v) is 5.55. The second-order valence-electron chi connectivity index (χ2n) is 5.55. The Morgan fingerprint density at radius 1 is 1.25 bits per heavy atom. The monoisotopic (exact) mass is 271 g/mol. The van der Waals surface area contributed by atoms with Gasteiger partial charge in [0.2, 0.25) is 0 Å². The first-order valence-corrected chi connectivity index (χ1v) is 6.98. The van der Waals surface area contributed by atoms with Crippen LogP contribution in [-0.2, 0) is 13.1 Å². The maximum Gasteiger partial charge on any atom is 0.152 e. The van der Waals surface area contributed by atoms with Crippen molar-refractivity contribution in [2.75, 3.05) is 17.2 Å². The first-order valence-electron chi connectivity index (χ1n) is 6.98. The fourth-order valence-electron chi connectivity index (χ4n) is 2.62. The second kappa shape index (κ2) is 4.16. The van der Waals surface area contributed by atoms with Crippen LogP contribution in [0.5, 0.6) is 0 Å². The Balaban J connectivity index is 1.71. The zero-order valence-corrected chi connectivity index (χ0v) is 11.5. The lowest BCUT2D eigenvalue weighted by Crippen LogP contribution is -2.35. The standard InChI is InChI=1S/C13H17N7/c1-8-11(14)16-12(9-2-3-9)17-13(8)19-4-5-20-7-15-18-10(20)6-19/h7,9H,2-6H2,1H3,(H2,14,16,17). The zero-order valence-electron chi connectivity index (χ0n) is 11.5. The summed E-state index contributed by atoms with van der Waals surface area (Å²) in [5.74, 6) is 3.93. The molecule has 0 radical (unpaired) electrons. The van der Waals surface area contributed by atoms with E-state index >= 15 is 0 Å². The van der Waals surface area contributed by atoms with Gasteiger partial charge in [-0.1, -0.05) is 0 Å². The molecule has 0 amide bonds. The minimum Gasteiger partial charge on any atom is -0.383 e. The molecular weight excluding hydrogens is 254 g/mol. The summed E-state index contributed by atoms with van der Waals surface area (Å²) in [6.45, 7) is 4.49. The number of rotatable bonds is 2. The summed E-state index contributed by atoms with van der Waals surface area (Å²) in [7, 11) is 0. The van der Waals surface area contributed by atoms with Gasteiger partial charge in [-0.05, 0) is 19.8 Å². The maximum absolute atomic E-state index is 6.06. The molecule has 1 saturated carbocycles. The third-order valence-electron chi connectivity index (χ3n) is 4.06. The van der Waals surface area contributed by atoms with Crippen LogP contribution in [0.25, 0.3) is 0 Å². The first-order chi connectivity index (χ1) is 9.72. The van der Waals surface area contributed by atoms with Crippen LogP contribution < -0.4 is 10.6 Å². The Morgan fingerprint density at radius 2 is 2.10 bits per heavy atom. The average Bonchev–Trinajstić information content (AvgIpc) is 3.19. The first kappa shape index (κ1) is 11.6. The fourth-order valence-corrected chi connectivity index (χ4v) is 2.62. The third kappa shape index (κ3) is 1.81. The zero-order chi connectivity index (χ0) is 13.7. The van der Waals surface area contributed by atoms with Gasteiger partial charge in [-0.2, -0.15) is 0 Å². The summed E-state index contributed by atoms with van der Waals surface area (Å²) in [6.07, 6.45) is 4.13. The molecule has 0 atom stereocenters. The predicted octanol–water partition coefficient (Wildman–Crippen LogP) is 0.856. The number of nitrogens with two attached hydrogens (primary N) is 1. The SMILES string of the molecule is Cc1c(N)nc(C2CC2)nc1N1CCn2cnnc2C1. The number of hydrogen-bond donors (Lipinski definition) is 1. The number of hydrogen-bond acceptors (Lipinski definition) is 6. The average molecular weight is 271 g/mol. The molecule has 0 spiro atoms. The van der Waals surface area contributed by atoms with E-state index in [0.29, 0.717) is 11.7 Å². The summed E-state index contributed by atoms with van der Waals surface area (Å²) >= 11 is 0. The smallest absolute Gasteiger partial charge is 0.152 e. The summed E-state index contributed by atoms with van der Waals surface area (Å²) in [5, 5.41) is 8.11. The lowest BCUT2D eigenvalue weighted by Gasteiger charge is -2.29. The highest BCUT2D eigenvalue weighted by molar-refractivity contribution is 5.57. The molecule has 4 rings (SSSR count). The number of aromatic nitrogens is 5. The molecule has 0 aromatic carbocycles. The largest absolute Gasteiger partial charge is 0.383 e. The summed E-state index contributed by atoms with van der Waals surface area (Å²) in [5.41, 5.74) is 7.02. The van der Waals surface area contributed by atoms with Crippen LogP contribution in [0.3, 0.4) is 0 Å². The molecule has 3 heterocycles. The molecule has 2 aliphatic rings. The van der Waals surface area contributed by atoms with E-state index in [9.17, 15) is 0 Å². The van der Waals surface area contributed by atoms with Crippen molar-refractivity contribution in [3.05, 3.63) is 23.5 Å². The molecule has 1 aliphatic carbocycles. The highest BCUT2D eigenvalue weighted by Gasteiger charge is 2.29. The van der Waals surface area contributed by atoms with E-state index in [1.165, 1.54) is 12.8 Å². The molecule has 0 unspecified atom stereocenters. The molecule has 20 heavy (non-hydrogen) atoms. The van der Waals surface area contributed by atoms with Crippen molar-refractivity contribution in [3.63, 3.8) is 0 Å². The van der Waals surface area contributed by atoms with Gasteiger partial charge in [0, 0.05) is 24.6 Å². The fraction of sp³-hybridized carbons (Fsp3) is 0.538. The highest BCUT2D eigenvalue weighted by Crippen LogP contribution is 2.39. The van der Waals surface area contributed by atoms with Crippen molar-refractivity contribution in [1.82, 2.24) is 24.7 Å². The van der Waals surface area contributed by atoms with Crippen LogP contribution >= 0.6 is 0 Å². The molecule has 1 aliphatic heterocycles. The van der Waals surface area contributed by atoms with Gasteiger partial charge in [-0.25, -0.2) is 9.97 Å². The predicted molar refractivity (Wildman–Crippen MR) is 74.2 cm³/mol. The molecule has 7 nitrogen and oxygen atoms in total. The van der Waals surface area contributed by atoms with Crippen LogP contribution in [0.4, 0.5) is 11.6 Å². The van der Waals surface area contributed by atoms with Crippen LogP contribution in [0.2, 0.25) is 0 Å². The quantitative estimate of drug-likeness (QED) is 0.871. The summed E-state index contributed by atoms with van der Waals surface area (Å²) in [6, 6.07) is 0. The molecule has 104 valence electrons. The lowest BCUT2D eigenvalue weighted by atomic mass is 10.2. The molecule has 2 aromatic heterocycles. The molecule has 0 bridgehead atoms. The summed E-state index contributed by atoms with van der Waals surface area (Å²) < 4.78 is 2.08. The Labute approximate surface area is 116 Å². The van der Waals surface area contributed by atoms with E-state index in [0.717, 1.165) is 42.7 Å². The summed E-state index contributed by atoms with van der Waals surface area (Å²) in [4.78, 5) is 11.4. The topological polar surface area (TPSA) is 85.8 Å². The Hall–Kier alpha value is -2.18. The van der Waals surface area contributed by atoms with E-state index in [1.54, 1.807) is 6.33 Å². The molecule has 0 saturated heterocycles. The molecule has 2 aromatic rings. The van der Waals surface area contributed by atoms with Gasteiger partial charge in [0.15, 0.2) is 5.82 Å². The molecular formula is C13H17N7. The van der Waals surface area contributed by atoms with E-state index in [1.807, 2.05) is 6.92 Å². The van der Waals surface area contributed by atoms with Crippen molar-refractivity contribution < 1.29 is 0 Å². The van der Waals surface area contributed by atoms with E-state index in [-0.39, 0.29) is 0 Å². The molecule has 1 fully saturated rings. The molecule has 2 N–H and O–H groups in total. The van der Waals surface area contributed by atoms with Crippen molar-refractivity contribution in [2.24, 2.45) is 0 Å². The number of nitrogens with zero attached hydrogens (tertiary/aromatic N) is 6. The van der Waals surface area contributed by atoms with E-state index in [2.05, 4.69) is 24.6 Å². The maximum atomic E-state index is 6.06. The minimum absolute atomic E-state index is 0.505. The van der Waals surface area contributed by atoms with Crippen LogP contribution in [0.1, 0.15) is 36.0 Å². The van der Waals surface area contributed by atoms with Crippen LogP contribution in [0, 0.1) is 6.92 Å². The van der Waals surface area contributed by atoms with Crippen LogP contribution in [0.15, 0.2) is 6.33 Å². The minimum atomic E-state index is 0.505. The Bertz CT molecular complexity index is 659. The van der Waals surface area contributed by atoms with Gasteiger partial charge in [0.25, 0.3) is 0 Å². The van der Waals surface area contributed by atoms with Gasteiger partial charge in [0.05, 0.1) is 6.54 Å². The lowest BCUT2D eigenvalue weighted by molar-refractivity contribution is 0.554. The normalized spacial score (nSPS) is 18.1. The van der Waals surface area contributed by atoms with Gasteiger partial charge in [-0.3, -0.25) is 0 Å². The Morgan fingerprint density at radius 3 is 2.90 bits per heavy atom.